The highest BCUT2D eigenvalue weighted by Crippen LogP contribution is 2.29. The van der Waals surface area contributed by atoms with E-state index < -0.39 is 24.1 Å². The molecule has 2 saturated heterocycles. The van der Waals surface area contributed by atoms with Crippen LogP contribution in [0.5, 0.6) is 0 Å². The molecule has 2 fully saturated rings. The van der Waals surface area contributed by atoms with E-state index in [9.17, 15) is 14.4 Å². The molecule has 3 rings (SSSR count). The predicted molar refractivity (Wildman–Crippen MR) is 85.7 cm³/mol. The Balaban J connectivity index is 1.70. The standard InChI is InChI=1S/C18H18N2O4/c1-2-3-4-12-5-7-13(8-6-12)15-11-20(18(23)24-15)14-9-10-16(21)19-17(14)22/h5-8,14-15H,2,9-11H2,1H3,(H,19,21,22)/t14?,15-/m1/s1. The van der Waals surface area contributed by atoms with Crippen LogP contribution in [0.3, 0.4) is 0 Å². The van der Waals surface area contributed by atoms with Gasteiger partial charge in [0.2, 0.25) is 11.8 Å². The summed E-state index contributed by atoms with van der Waals surface area (Å²) in [7, 11) is 0. The molecule has 1 aromatic rings. The third-order valence-electron chi connectivity index (χ3n) is 4.12. The molecule has 1 unspecified atom stereocenters. The molecule has 124 valence electrons. The van der Waals surface area contributed by atoms with E-state index in [1.165, 1.54) is 4.90 Å². The van der Waals surface area contributed by atoms with Gasteiger partial charge in [0.25, 0.3) is 0 Å². The Labute approximate surface area is 140 Å². The Bertz CT molecular complexity index is 730. The van der Waals surface area contributed by atoms with Gasteiger partial charge in [0.05, 0.1) is 6.54 Å². The molecule has 2 heterocycles. The van der Waals surface area contributed by atoms with Gasteiger partial charge in [0.15, 0.2) is 0 Å². The largest absolute Gasteiger partial charge is 0.439 e. The smallest absolute Gasteiger partial charge is 0.411 e. The number of nitrogens with one attached hydrogen (secondary N) is 1. The van der Waals surface area contributed by atoms with E-state index in [1.54, 1.807) is 0 Å². The van der Waals surface area contributed by atoms with Gasteiger partial charge in [0.1, 0.15) is 12.1 Å². The predicted octanol–water partition coefficient (Wildman–Crippen LogP) is 1.75. The van der Waals surface area contributed by atoms with Crippen molar-refractivity contribution >= 4 is 17.9 Å². The van der Waals surface area contributed by atoms with Crippen molar-refractivity contribution in [3.05, 3.63) is 35.4 Å². The second-order valence-electron chi connectivity index (χ2n) is 5.77. The van der Waals surface area contributed by atoms with Gasteiger partial charge in [-0.05, 0) is 24.1 Å². The van der Waals surface area contributed by atoms with Gasteiger partial charge in [-0.3, -0.25) is 19.8 Å². The van der Waals surface area contributed by atoms with E-state index in [2.05, 4.69) is 17.2 Å². The van der Waals surface area contributed by atoms with Gasteiger partial charge in [-0.15, -0.1) is 0 Å². The third kappa shape index (κ3) is 3.25. The molecule has 1 N–H and O–H groups in total. The molecule has 0 radical (unpaired) electrons. The number of hydrogen-bond acceptors (Lipinski definition) is 4. The van der Waals surface area contributed by atoms with Crippen LogP contribution in [-0.4, -0.2) is 35.4 Å². The van der Waals surface area contributed by atoms with Crippen molar-refractivity contribution in [1.29, 1.82) is 0 Å². The lowest BCUT2D eigenvalue weighted by Crippen LogP contribution is -2.52. The van der Waals surface area contributed by atoms with Crippen LogP contribution >= 0.6 is 0 Å². The first-order valence-electron chi connectivity index (χ1n) is 7.98. The number of rotatable bonds is 2. The quantitative estimate of drug-likeness (QED) is 0.663. The number of cyclic esters (lactones) is 1. The van der Waals surface area contributed by atoms with Crippen LogP contribution in [0.1, 0.15) is 43.4 Å². The Morgan fingerprint density at radius 2 is 2.00 bits per heavy atom. The van der Waals surface area contributed by atoms with Gasteiger partial charge < -0.3 is 4.74 Å². The summed E-state index contributed by atoms with van der Waals surface area (Å²) in [6.07, 6.45) is 0.414. The Kier molecular flexibility index (Phi) is 4.52. The molecule has 2 aliphatic rings. The Hall–Kier alpha value is -2.81. The van der Waals surface area contributed by atoms with E-state index in [4.69, 9.17) is 4.74 Å². The lowest BCUT2D eigenvalue weighted by Gasteiger charge is -2.27. The molecule has 0 aliphatic carbocycles. The highest BCUT2D eigenvalue weighted by atomic mass is 16.6. The van der Waals surface area contributed by atoms with Gasteiger partial charge in [-0.25, -0.2) is 4.79 Å². The average molecular weight is 326 g/mol. The summed E-state index contributed by atoms with van der Waals surface area (Å²) in [5, 5.41) is 2.27. The number of carbonyl (C=O) groups is 3. The van der Waals surface area contributed by atoms with Crippen molar-refractivity contribution in [1.82, 2.24) is 10.2 Å². The van der Waals surface area contributed by atoms with Crippen LogP contribution in [-0.2, 0) is 14.3 Å². The molecule has 1 aromatic carbocycles. The summed E-state index contributed by atoms with van der Waals surface area (Å²) in [5.41, 5.74) is 1.77. The van der Waals surface area contributed by atoms with E-state index in [0.717, 1.165) is 17.5 Å². The molecule has 0 bridgehead atoms. The minimum atomic E-state index is -0.644. The second kappa shape index (κ2) is 6.75. The normalized spacial score (nSPS) is 23.4. The SMILES string of the molecule is CCC#Cc1ccc([C@H]2CN(C3CCC(=O)NC3=O)C(=O)O2)cc1. The Morgan fingerprint density at radius 3 is 2.67 bits per heavy atom. The fraction of sp³-hybridized carbons (Fsp3) is 0.389. The van der Waals surface area contributed by atoms with E-state index in [1.807, 2.05) is 31.2 Å². The maximum Gasteiger partial charge on any atom is 0.411 e. The highest BCUT2D eigenvalue weighted by Gasteiger charge is 2.41. The molecular formula is C18H18N2O4. The van der Waals surface area contributed by atoms with Crippen molar-refractivity contribution in [2.75, 3.05) is 6.54 Å². The van der Waals surface area contributed by atoms with Gasteiger partial charge in [-0.1, -0.05) is 30.9 Å². The van der Waals surface area contributed by atoms with Gasteiger partial charge in [0, 0.05) is 18.4 Å². The van der Waals surface area contributed by atoms with Crippen molar-refractivity contribution in [2.24, 2.45) is 0 Å². The molecule has 0 spiro atoms. The van der Waals surface area contributed by atoms with Crippen molar-refractivity contribution < 1.29 is 19.1 Å². The number of carbonyl (C=O) groups excluding carboxylic acids is 3. The number of ether oxygens (including phenoxy) is 1. The van der Waals surface area contributed by atoms with Crippen LogP contribution < -0.4 is 5.32 Å². The van der Waals surface area contributed by atoms with E-state index in [-0.39, 0.29) is 12.3 Å². The summed E-state index contributed by atoms with van der Waals surface area (Å²) in [5.74, 6) is 5.30. The monoisotopic (exact) mass is 326 g/mol. The van der Waals surface area contributed by atoms with Crippen molar-refractivity contribution in [3.8, 4) is 11.8 Å². The molecular weight excluding hydrogens is 308 g/mol. The van der Waals surface area contributed by atoms with Crippen molar-refractivity contribution in [3.63, 3.8) is 0 Å². The number of imide groups is 1. The zero-order chi connectivity index (χ0) is 17.1. The number of nitrogens with zero attached hydrogens (tertiary/aromatic N) is 1. The molecule has 6 heteroatoms. The van der Waals surface area contributed by atoms with Crippen LogP contribution in [0.25, 0.3) is 0 Å². The van der Waals surface area contributed by atoms with Gasteiger partial charge in [-0.2, -0.15) is 0 Å². The fourth-order valence-corrected chi connectivity index (χ4v) is 2.86. The summed E-state index contributed by atoms with van der Waals surface area (Å²) < 4.78 is 5.40. The maximum atomic E-state index is 12.1. The topological polar surface area (TPSA) is 75.7 Å². The summed E-state index contributed by atoms with van der Waals surface area (Å²) >= 11 is 0. The molecule has 0 aromatic heterocycles. The lowest BCUT2D eigenvalue weighted by molar-refractivity contribution is -0.136. The lowest BCUT2D eigenvalue weighted by atomic mass is 10.0. The second-order valence-corrected chi connectivity index (χ2v) is 5.77. The zero-order valence-corrected chi connectivity index (χ0v) is 13.4. The summed E-state index contributed by atoms with van der Waals surface area (Å²) in [6.45, 7) is 2.29. The van der Waals surface area contributed by atoms with Crippen molar-refractivity contribution in [2.45, 2.75) is 38.3 Å². The van der Waals surface area contributed by atoms with Crippen LogP contribution in [0.15, 0.2) is 24.3 Å². The summed E-state index contributed by atoms with van der Waals surface area (Å²) in [4.78, 5) is 36.7. The fourth-order valence-electron chi connectivity index (χ4n) is 2.86. The molecule has 24 heavy (non-hydrogen) atoms. The minimum Gasteiger partial charge on any atom is -0.439 e. The average Bonchev–Trinajstić information content (AvgIpc) is 2.95. The minimum absolute atomic E-state index is 0.232. The molecule has 0 saturated carbocycles. The van der Waals surface area contributed by atoms with Crippen LogP contribution in [0, 0.1) is 11.8 Å². The number of piperidine rings is 1. The zero-order valence-electron chi connectivity index (χ0n) is 13.4. The van der Waals surface area contributed by atoms with E-state index in [0.29, 0.717) is 13.0 Å². The molecule has 3 amide bonds. The van der Waals surface area contributed by atoms with Gasteiger partial charge >= 0.3 is 6.09 Å². The number of hydrogen-bond donors (Lipinski definition) is 1. The first kappa shape index (κ1) is 16.1. The first-order valence-corrected chi connectivity index (χ1v) is 7.98. The summed E-state index contributed by atoms with van der Waals surface area (Å²) in [6, 6.07) is 6.90. The highest BCUT2D eigenvalue weighted by molar-refractivity contribution is 6.01. The third-order valence-corrected chi connectivity index (χ3v) is 4.12. The number of amides is 3. The molecule has 6 nitrogen and oxygen atoms in total. The molecule has 2 aliphatic heterocycles. The van der Waals surface area contributed by atoms with Crippen LogP contribution in [0.4, 0.5) is 4.79 Å². The first-order chi connectivity index (χ1) is 11.6. The van der Waals surface area contributed by atoms with E-state index >= 15 is 0 Å². The molecule has 2 atom stereocenters. The van der Waals surface area contributed by atoms with Crippen LogP contribution in [0.2, 0.25) is 0 Å². The Morgan fingerprint density at radius 1 is 1.25 bits per heavy atom. The number of benzene rings is 1. The maximum absolute atomic E-state index is 12.1.